The van der Waals surface area contributed by atoms with Gasteiger partial charge in [-0.25, -0.2) is 4.98 Å². The van der Waals surface area contributed by atoms with Gasteiger partial charge in [0, 0.05) is 17.6 Å². The SMILES string of the molecule is Cc1csc(CNCC2CCCNC2)n1. The van der Waals surface area contributed by atoms with Crippen molar-refractivity contribution in [1.29, 1.82) is 0 Å². The Balaban J connectivity index is 1.65. The Hall–Kier alpha value is -0.450. The van der Waals surface area contributed by atoms with Gasteiger partial charge in [0.05, 0.1) is 0 Å². The fraction of sp³-hybridized carbons (Fsp3) is 0.727. The maximum Gasteiger partial charge on any atom is 0.107 e. The summed E-state index contributed by atoms with van der Waals surface area (Å²) < 4.78 is 0. The van der Waals surface area contributed by atoms with E-state index in [4.69, 9.17) is 0 Å². The molecule has 0 aliphatic carbocycles. The number of hydrogen-bond donors (Lipinski definition) is 2. The maximum atomic E-state index is 4.43. The average Bonchev–Trinajstić information content (AvgIpc) is 2.66. The summed E-state index contributed by atoms with van der Waals surface area (Å²) in [6.07, 6.45) is 2.68. The Morgan fingerprint density at radius 3 is 3.27 bits per heavy atom. The Bertz CT molecular complexity index is 292. The summed E-state index contributed by atoms with van der Waals surface area (Å²) >= 11 is 1.75. The van der Waals surface area contributed by atoms with Crippen molar-refractivity contribution in [2.45, 2.75) is 26.3 Å². The molecule has 0 radical (unpaired) electrons. The van der Waals surface area contributed by atoms with Crippen LogP contribution in [0.1, 0.15) is 23.5 Å². The van der Waals surface area contributed by atoms with Crippen molar-refractivity contribution < 1.29 is 0 Å². The molecule has 1 aliphatic rings. The van der Waals surface area contributed by atoms with Gasteiger partial charge in [-0.05, 0) is 45.3 Å². The summed E-state index contributed by atoms with van der Waals surface area (Å²) in [5.41, 5.74) is 1.14. The van der Waals surface area contributed by atoms with Crippen molar-refractivity contribution in [1.82, 2.24) is 15.6 Å². The van der Waals surface area contributed by atoms with Crippen LogP contribution in [0, 0.1) is 12.8 Å². The first-order chi connectivity index (χ1) is 7.34. The molecule has 0 spiro atoms. The Morgan fingerprint density at radius 2 is 2.60 bits per heavy atom. The number of piperidine rings is 1. The van der Waals surface area contributed by atoms with Gasteiger partial charge in [0.2, 0.25) is 0 Å². The van der Waals surface area contributed by atoms with Crippen LogP contribution >= 0.6 is 11.3 Å². The van der Waals surface area contributed by atoms with Crippen LogP contribution in [0.2, 0.25) is 0 Å². The van der Waals surface area contributed by atoms with E-state index in [1.165, 1.54) is 30.9 Å². The van der Waals surface area contributed by atoms with Gasteiger partial charge in [-0.3, -0.25) is 0 Å². The number of thiazole rings is 1. The number of aryl methyl sites for hydroxylation is 1. The molecule has 1 unspecified atom stereocenters. The third-order valence-electron chi connectivity index (χ3n) is 2.77. The van der Waals surface area contributed by atoms with Crippen LogP contribution in [0.4, 0.5) is 0 Å². The smallest absolute Gasteiger partial charge is 0.107 e. The van der Waals surface area contributed by atoms with Crippen molar-refractivity contribution in [3.63, 3.8) is 0 Å². The second-order valence-electron chi connectivity index (χ2n) is 4.23. The van der Waals surface area contributed by atoms with E-state index in [2.05, 4.69) is 21.0 Å². The van der Waals surface area contributed by atoms with E-state index in [1.54, 1.807) is 11.3 Å². The third kappa shape index (κ3) is 3.55. The quantitative estimate of drug-likeness (QED) is 0.816. The van der Waals surface area contributed by atoms with E-state index in [1.807, 2.05) is 6.92 Å². The molecule has 1 saturated heterocycles. The minimum Gasteiger partial charge on any atom is -0.316 e. The van der Waals surface area contributed by atoms with Gasteiger partial charge in [0.15, 0.2) is 0 Å². The zero-order chi connectivity index (χ0) is 10.5. The lowest BCUT2D eigenvalue weighted by atomic mass is 10.00. The standard InChI is InChI=1S/C11H19N3S/c1-9-8-15-11(14-9)7-13-6-10-3-2-4-12-5-10/h8,10,12-13H,2-7H2,1H3. The van der Waals surface area contributed by atoms with E-state index < -0.39 is 0 Å². The van der Waals surface area contributed by atoms with Crippen LogP contribution < -0.4 is 10.6 Å². The number of hydrogen-bond acceptors (Lipinski definition) is 4. The van der Waals surface area contributed by atoms with E-state index >= 15 is 0 Å². The molecule has 1 atom stereocenters. The molecular weight excluding hydrogens is 206 g/mol. The van der Waals surface area contributed by atoms with Gasteiger partial charge < -0.3 is 10.6 Å². The van der Waals surface area contributed by atoms with Crippen molar-refractivity contribution in [2.24, 2.45) is 5.92 Å². The minimum absolute atomic E-state index is 0.805. The van der Waals surface area contributed by atoms with Gasteiger partial charge in [0.1, 0.15) is 5.01 Å². The number of nitrogens with zero attached hydrogens (tertiary/aromatic N) is 1. The van der Waals surface area contributed by atoms with E-state index in [9.17, 15) is 0 Å². The van der Waals surface area contributed by atoms with Gasteiger partial charge in [0.25, 0.3) is 0 Å². The first-order valence-corrected chi connectivity index (χ1v) is 6.55. The number of aromatic nitrogens is 1. The molecule has 0 bridgehead atoms. The molecule has 1 fully saturated rings. The van der Waals surface area contributed by atoms with Crippen molar-refractivity contribution in [2.75, 3.05) is 19.6 Å². The highest BCUT2D eigenvalue weighted by Gasteiger charge is 2.12. The highest BCUT2D eigenvalue weighted by molar-refractivity contribution is 7.09. The third-order valence-corrected chi connectivity index (χ3v) is 3.74. The summed E-state index contributed by atoms with van der Waals surface area (Å²) in [5, 5.41) is 10.2. The maximum absolute atomic E-state index is 4.43. The highest BCUT2D eigenvalue weighted by atomic mass is 32.1. The fourth-order valence-corrected chi connectivity index (χ4v) is 2.71. The van der Waals surface area contributed by atoms with Gasteiger partial charge in [-0.1, -0.05) is 0 Å². The van der Waals surface area contributed by atoms with Crippen LogP contribution in [0.3, 0.4) is 0 Å². The average molecular weight is 225 g/mol. The monoisotopic (exact) mass is 225 g/mol. The molecule has 84 valence electrons. The second-order valence-corrected chi connectivity index (χ2v) is 5.17. The fourth-order valence-electron chi connectivity index (χ4n) is 1.97. The van der Waals surface area contributed by atoms with E-state index in [0.29, 0.717) is 0 Å². The highest BCUT2D eigenvalue weighted by Crippen LogP contribution is 2.10. The number of nitrogens with one attached hydrogen (secondary N) is 2. The summed E-state index contributed by atoms with van der Waals surface area (Å²) in [5.74, 6) is 0.805. The lowest BCUT2D eigenvalue weighted by Gasteiger charge is -2.22. The van der Waals surface area contributed by atoms with E-state index in [0.717, 1.165) is 24.7 Å². The first kappa shape index (κ1) is 11.0. The Kier molecular flexibility index (Phi) is 4.11. The van der Waals surface area contributed by atoms with Crippen molar-refractivity contribution in [3.8, 4) is 0 Å². The molecule has 0 amide bonds. The second kappa shape index (κ2) is 5.58. The Labute approximate surface area is 95.3 Å². The largest absolute Gasteiger partial charge is 0.316 e. The molecule has 4 heteroatoms. The zero-order valence-electron chi connectivity index (χ0n) is 9.25. The van der Waals surface area contributed by atoms with Crippen molar-refractivity contribution in [3.05, 3.63) is 16.1 Å². The zero-order valence-corrected chi connectivity index (χ0v) is 10.1. The van der Waals surface area contributed by atoms with E-state index in [-0.39, 0.29) is 0 Å². The normalized spacial score (nSPS) is 21.8. The van der Waals surface area contributed by atoms with Gasteiger partial charge in [-0.15, -0.1) is 11.3 Å². The van der Waals surface area contributed by atoms with Crippen LogP contribution in [0.15, 0.2) is 5.38 Å². The molecule has 15 heavy (non-hydrogen) atoms. The lowest BCUT2D eigenvalue weighted by molar-refractivity contribution is 0.360. The topological polar surface area (TPSA) is 37.0 Å². The first-order valence-electron chi connectivity index (χ1n) is 5.67. The molecule has 1 aromatic rings. The molecule has 1 aromatic heterocycles. The van der Waals surface area contributed by atoms with Gasteiger partial charge in [-0.2, -0.15) is 0 Å². The van der Waals surface area contributed by atoms with Crippen LogP contribution in [0.5, 0.6) is 0 Å². The predicted octanol–water partition coefficient (Wildman–Crippen LogP) is 1.54. The van der Waals surface area contributed by atoms with Gasteiger partial charge >= 0.3 is 0 Å². The summed E-state index contributed by atoms with van der Waals surface area (Å²) in [6, 6.07) is 0. The molecule has 2 N–H and O–H groups in total. The molecule has 3 nitrogen and oxygen atoms in total. The molecule has 0 saturated carbocycles. The van der Waals surface area contributed by atoms with Crippen molar-refractivity contribution >= 4 is 11.3 Å². The number of rotatable bonds is 4. The molecule has 0 aromatic carbocycles. The van der Waals surface area contributed by atoms with Crippen LogP contribution in [0.25, 0.3) is 0 Å². The van der Waals surface area contributed by atoms with Crippen LogP contribution in [-0.2, 0) is 6.54 Å². The lowest BCUT2D eigenvalue weighted by Crippen LogP contribution is -2.35. The molecule has 2 heterocycles. The summed E-state index contributed by atoms with van der Waals surface area (Å²) in [4.78, 5) is 4.43. The molecular formula is C11H19N3S. The molecule has 2 rings (SSSR count). The van der Waals surface area contributed by atoms with Crippen LogP contribution in [-0.4, -0.2) is 24.6 Å². The predicted molar refractivity (Wildman–Crippen MR) is 64.2 cm³/mol. The summed E-state index contributed by atoms with van der Waals surface area (Å²) in [7, 11) is 0. The minimum atomic E-state index is 0.805. The summed E-state index contributed by atoms with van der Waals surface area (Å²) in [6.45, 7) is 6.46. The molecule has 1 aliphatic heterocycles. The Morgan fingerprint density at radius 1 is 1.67 bits per heavy atom.